The average Bonchev–Trinajstić information content (AvgIpc) is 2.60. The van der Waals surface area contributed by atoms with Gasteiger partial charge in [-0.2, -0.15) is 0 Å². The first-order chi connectivity index (χ1) is 12.8. The van der Waals surface area contributed by atoms with Crippen LogP contribution in [0.25, 0.3) is 0 Å². The Bertz CT molecular complexity index is 917. The van der Waals surface area contributed by atoms with Gasteiger partial charge < -0.3 is 10.6 Å². The molecular weight excluding hydrogens is 492 g/mol. The van der Waals surface area contributed by atoms with Crippen LogP contribution in [0.5, 0.6) is 0 Å². The van der Waals surface area contributed by atoms with Gasteiger partial charge in [-0.3, -0.25) is 4.99 Å². The second-order valence-electron chi connectivity index (χ2n) is 6.51. The highest BCUT2D eigenvalue weighted by molar-refractivity contribution is 14.0. The van der Waals surface area contributed by atoms with E-state index in [0.29, 0.717) is 23.6 Å². The number of nitrogens with one attached hydrogen (secondary N) is 2. The SMILES string of the molecule is CN=C(NCCc1ccccc1C)NCc1cc(F)ccc1CS(C)(=O)=O.I. The molecule has 0 heterocycles. The first kappa shape index (κ1) is 24.4. The fourth-order valence-electron chi connectivity index (χ4n) is 2.79. The third-order valence-electron chi connectivity index (χ3n) is 4.20. The third-order valence-corrected chi connectivity index (χ3v) is 5.04. The minimum absolute atomic E-state index is 0. The first-order valence-corrected chi connectivity index (χ1v) is 10.8. The van der Waals surface area contributed by atoms with E-state index in [1.165, 1.54) is 35.6 Å². The number of halogens is 2. The van der Waals surface area contributed by atoms with E-state index in [-0.39, 0.29) is 36.3 Å². The molecule has 28 heavy (non-hydrogen) atoms. The zero-order chi connectivity index (χ0) is 19.9. The van der Waals surface area contributed by atoms with E-state index >= 15 is 0 Å². The standard InChI is InChI=1S/C20H26FN3O2S.HI/c1-15-6-4-5-7-16(15)10-11-23-20(22-2)24-13-18-12-19(21)9-8-17(18)14-27(3,25)26;/h4-9,12H,10-11,13-14H2,1-3H3,(H2,22,23,24);1H. The van der Waals surface area contributed by atoms with Crippen LogP contribution in [0, 0.1) is 12.7 Å². The summed E-state index contributed by atoms with van der Waals surface area (Å²) in [5.41, 5.74) is 3.69. The second-order valence-corrected chi connectivity index (χ2v) is 8.65. The topological polar surface area (TPSA) is 70.6 Å². The highest BCUT2D eigenvalue weighted by Crippen LogP contribution is 2.14. The molecule has 2 N–H and O–H groups in total. The van der Waals surface area contributed by atoms with Crippen LogP contribution in [0.1, 0.15) is 22.3 Å². The van der Waals surface area contributed by atoms with Crippen LogP contribution in [0.15, 0.2) is 47.5 Å². The molecule has 0 bridgehead atoms. The van der Waals surface area contributed by atoms with Crippen molar-refractivity contribution < 1.29 is 12.8 Å². The Balaban J connectivity index is 0.00000392. The summed E-state index contributed by atoms with van der Waals surface area (Å²) in [6, 6.07) is 12.4. The fourth-order valence-corrected chi connectivity index (χ4v) is 3.63. The third kappa shape index (κ3) is 8.14. The zero-order valence-electron chi connectivity index (χ0n) is 16.3. The molecule has 0 aliphatic carbocycles. The van der Waals surface area contributed by atoms with Crippen molar-refractivity contribution in [2.75, 3.05) is 19.8 Å². The summed E-state index contributed by atoms with van der Waals surface area (Å²) < 4.78 is 36.8. The van der Waals surface area contributed by atoms with Gasteiger partial charge in [0.15, 0.2) is 15.8 Å². The van der Waals surface area contributed by atoms with Gasteiger partial charge in [-0.15, -0.1) is 24.0 Å². The smallest absolute Gasteiger partial charge is 0.191 e. The Morgan fingerprint density at radius 2 is 1.79 bits per heavy atom. The summed E-state index contributed by atoms with van der Waals surface area (Å²) in [5, 5.41) is 6.34. The summed E-state index contributed by atoms with van der Waals surface area (Å²) >= 11 is 0. The van der Waals surface area contributed by atoms with Gasteiger partial charge in [-0.05, 0) is 47.7 Å². The van der Waals surface area contributed by atoms with Gasteiger partial charge >= 0.3 is 0 Å². The number of aliphatic imine (C=N–C) groups is 1. The second kappa shape index (κ2) is 11.4. The number of aryl methyl sites for hydroxylation is 1. The minimum atomic E-state index is -3.20. The van der Waals surface area contributed by atoms with Gasteiger partial charge in [0.1, 0.15) is 5.82 Å². The average molecular weight is 519 g/mol. The van der Waals surface area contributed by atoms with Gasteiger partial charge in [0, 0.05) is 26.4 Å². The van der Waals surface area contributed by atoms with Gasteiger partial charge in [0.2, 0.25) is 0 Å². The lowest BCUT2D eigenvalue weighted by Gasteiger charge is -2.14. The molecule has 0 atom stereocenters. The number of sulfone groups is 1. The molecule has 8 heteroatoms. The summed E-state index contributed by atoms with van der Waals surface area (Å²) in [4.78, 5) is 4.17. The molecule has 154 valence electrons. The minimum Gasteiger partial charge on any atom is -0.356 e. The molecule has 0 unspecified atom stereocenters. The number of hydrogen-bond donors (Lipinski definition) is 2. The molecule has 2 aromatic carbocycles. The molecule has 0 spiro atoms. The molecule has 0 aromatic heterocycles. The van der Waals surface area contributed by atoms with Gasteiger partial charge in [0.25, 0.3) is 0 Å². The summed E-state index contributed by atoms with van der Waals surface area (Å²) in [7, 11) is -1.54. The maximum atomic E-state index is 13.6. The monoisotopic (exact) mass is 519 g/mol. The van der Waals surface area contributed by atoms with Gasteiger partial charge in [0.05, 0.1) is 5.75 Å². The van der Waals surface area contributed by atoms with Crippen molar-refractivity contribution in [2.45, 2.75) is 25.6 Å². The van der Waals surface area contributed by atoms with Crippen LogP contribution in [0.2, 0.25) is 0 Å². The molecule has 2 rings (SSSR count). The van der Waals surface area contributed by atoms with Crippen LogP contribution in [-0.2, 0) is 28.6 Å². The molecule has 0 saturated heterocycles. The first-order valence-electron chi connectivity index (χ1n) is 8.72. The van der Waals surface area contributed by atoms with Crippen molar-refractivity contribution in [3.05, 3.63) is 70.5 Å². The maximum absolute atomic E-state index is 13.6. The lowest BCUT2D eigenvalue weighted by Crippen LogP contribution is -2.38. The Kier molecular flexibility index (Phi) is 9.88. The van der Waals surface area contributed by atoms with Crippen LogP contribution in [-0.4, -0.2) is 34.2 Å². The molecule has 5 nitrogen and oxygen atoms in total. The molecule has 0 aliphatic heterocycles. The van der Waals surface area contributed by atoms with Crippen molar-refractivity contribution in [3.8, 4) is 0 Å². The molecule has 0 amide bonds. The summed E-state index contributed by atoms with van der Waals surface area (Å²) in [5.74, 6) is 0.0635. The number of guanidine groups is 1. The van der Waals surface area contributed by atoms with Crippen molar-refractivity contribution in [2.24, 2.45) is 4.99 Å². The summed E-state index contributed by atoms with van der Waals surface area (Å²) in [6.45, 7) is 3.06. The Morgan fingerprint density at radius 1 is 1.07 bits per heavy atom. The van der Waals surface area contributed by atoms with E-state index in [1.807, 2.05) is 12.1 Å². The normalized spacial score (nSPS) is 11.6. The Hall–Kier alpha value is -1.68. The van der Waals surface area contributed by atoms with Crippen LogP contribution in [0.4, 0.5) is 4.39 Å². The maximum Gasteiger partial charge on any atom is 0.191 e. The molecule has 2 aromatic rings. The lowest BCUT2D eigenvalue weighted by atomic mass is 10.1. The quantitative estimate of drug-likeness (QED) is 0.335. The van der Waals surface area contributed by atoms with Gasteiger partial charge in [-0.1, -0.05) is 30.3 Å². The Labute approximate surface area is 183 Å². The summed E-state index contributed by atoms with van der Waals surface area (Å²) in [6.07, 6.45) is 2.02. The number of benzene rings is 2. The molecule has 0 saturated carbocycles. The van der Waals surface area contributed by atoms with Crippen LogP contribution in [0.3, 0.4) is 0 Å². The number of rotatable bonds is 7. The highest BCUT2D eigenvalue weighted by atomic mass is 127. The van der Waals surface area contributed by atoms with E-state index in [9.17, 15) is 12.8 Å². The van der Waals surface area contributed by atoms with Crippen molar-refractivity contribution >= 4 is 39.8 Å². The van der Waals surface area contributed by atoms with Crippen molar-refractivity contribution in [1.82, 2.24) is 10.6 Å². The van der Waals surface area contributed by atoms with E-state index in [0.717, 1.165) is 6.42 Å². The Morgan fingerprint density at radius 3 is 2.43 bits per heavy atom. The van der Waals surface area contributed by atoms with Gasteiger partial charge in [-0.25, -0.2) is 12.8 Å². The predicted octanol–water partition coefficient (Wildman–Crippen LogP) is 3.20. The largest absolute Gasteiger partial charge is 0.356 e. The van der Waals surface area contributed by atoms with E-state index in [2.05, 4.69) is 34.7 Å². The van der Waals surface area contributed by atoms with Crippen LogP contribution >= 0.6 is 24.0 Å². The van der Waals surface area contributed by atoms with E-state index in [4.69, 9.17) is 0 Å². The molecule has 0 fully saturated rings. The zero-order valence-corrected chi connectivity index (χ0v) is 19.5. The fraction of sp³-hybridized carbons (Fsp3) is 0.350. The number of hydrogen-bond acceptors (Lipinski definition) is 3. The lowest BCUT2D eigenvalue weighted by molar-refractivity contribution is 0.599. The highest BCUT2D eigenvalue weighted by Gasteiger charge is 2.11. The molecule has 0 aliphatic rings. The predicted molar refractivity (Wildman–Crippen MR) is 123 cm³/mol. The molecular formula is C20H27FIN3O2S. The van der Waals surface area contributed by atoms with Crippen molar-refractivity contribution in [3.63, 3.8) is 0 Å². The van der Waals surface area contributed by atoms with Crippen LogP contribution < -0.4 is 10.6 Å². The van der Waals surface area contributed by atoms with E-state index < -0.39 is 15.7 Å². The molecule has 0 radical (unpaired) electrons. The van der Waals surface area contributed by atoms with E-state index in [1.54, 1.807) is 7.05 Å². The number of nitrogens with zero attached hydrogens (tertiary/aromatic N) is 1. The van der Waals surface area contributed by atoms with Crippen molar-refractivity contribution in [1.29, 1.82) is 0 Å².